The van der Waals surface area contributed by atoms with Gasteiger partial charge in [0.2, 0.25) is 0 Å². The average molecular weight is 454 g/mol. The minimum Gasteiger partial charge on any atom is -0.299 e. The number of pyridine rings is 1. The Balaban J connectivity index is 1.45. The first kappa shape index (κ1) is 18.7. The Bertz CT molecular complexity index is 1480. The molecule has 0 unspecified atom stereocenters. The first-order valence-corrected chi connectivity index (χ1v) is 10.9. The van der Waals surface area contributed by atoms with Gasteiger partial charge in [-0.05, 0) is 29.7 Å². The molecule has 0 saturated carbocycles. The van der Waals surface area contributed by atoms with Crippen molar-refractivity contribution in [2.45, 2.75) is 0 Å². The maximum atomic E-state index is 13.0. The van der Waals surface area contributed by atoms with Gasteiger partial charge < -0.3 is 0 Å². The van der Waals surface area contributed by atoms with E-state index >= 15 is 0 Å². The Kier molecular flexibility index (Phi) is 4.70. The molecule has 0 atom stereocenters. The number of aromatic nitrogens is 4. The number of halogens is 1. The lowest BCUT2D eigenvalue weighted by Crippen LogP contribution is -2.32. The molecule has 7 nitrogen and oxygen atoms in total. The molecule has 1 N–H and O–H groups in total. The monoisotopic (exact) mass is 453 g/mol. The van der Waals surface area contributed by atoms with Gasteiger partial charge in [-0.15, -0.1) is 22.7 Å². The van der Waals surface area contributed by atoms with Crippen LogP contribution in [-0.4, -0.2) is 25.0 Å². The van der Waals surface area contributed by atoms with Gasteiger partial charge in [-0.3, -0.25) is 19.4 Å². The molecule has 5 aromatic rings. The highest BCUT2D eigenvalue weighted by atomic mass is 35.5. The molecule has 0 saturated heterocycles. The summed E-state index contributed by atoms with van der Waals surface area (Å²) in [5.41, 5.74) is 4.27. The van der Waals surface area contributed by atoms with Crippen LogP contribution in [0.5, 0.6) is 0 Å². The zero-order valence-corrected chi connectivity index (χ0v) is 17.5. The van der Waals surface area contributed by atoms with Gasteiger partial charge in [-0.1, -0.05) is 23.7 Å². The fraction of sp³-hybridized carbons (Fsp3) is 0. The van der Waals surface area contributed by atoms with Crippen molar-refractivity contribution in [1.82, 2.24) is 19.0 Å². The third-order valence-electron chi connectivity index (χ3n) is 4.43. The summed E-state index contributed by atoms with van der Waals surface area (Å²) in [6, 6.07) is 9.38. The maximum absolute atomic E-state index is 13.0. The molecule has 30 heavy (non-hydrogen) atoms. The van der Waals surface area contributed by atoms with E-state index in [4.69, 9.17) is 11.6 Å². The van der Waals surface area contributed by atoms with Gasteiger partial charge in [0.25, 0.3) is 11.5 Å². The van der Waals surface area contributed by atoms with Crippen molar-refractivity contribution in [3.8, 4) is 10.4 Å². The number of nitrogens with one attached hydrogen (secondary N) is 1. The molecule has 0 bridgehead atoms. The van der Waals surface area contributed by atoms with Crippen LogP contribution in [0.1, 0.15) is 5.69 Å². The number of rotatable bonds is 4. The van der Waals surface area contributed by atoms with E-state index in [1.165, 1.54) is 23.7 Å². The minimum absolute atomic E-state index is 0.282. The standard InChI is InChI=1S/C20H12ClN5O2S2/c21-18-13(25-8-2-1-5-15(25)23-18)6-7-16(27)24-26-11-22-19-17(20(26)28)12(10-30-19)14-4-3-9-29-14/h1-11H,(H,24,27). The Morgan fingerprint density at radius 2 is 2.10 bits per heavy atom. The molecule has 0 aliphatic carbocycles. The average Bonchev–Trinajstić information content (AvgIpc) is 3.46. The molecular formula is C20H12ClN5O2S2. The van der Waals surface area contributed by atoms with E-state index in [9.17, 15) is 9.59 Å². The lowest BCUT2D eigenvalue weighted by atomic mass is 10.2. The van der Waals surface area contributed by atoms with Gasteiger partial charge >= 0.3 is 0 Å². The number of imidazole rings is 1. The van der Waals surface area contributed by atoms with Crippen molar-refractivity contribution in [3.05, 3.63) is 80.9 Å². The maximum Gasteiger partial charge on any atom is 0.281 e. The molecule has 5 aromatic heterocycles. The molecule has 0 aliphatic heterocycles. The van der Waals surface area contributed by atoms with Crippen molar-refractivity contribution < 1.29 is 4.79 Å². The number of hydrogen-bond acceptors (Lipinski definition) is 6. The molecule has 0 radical (unpaired) electrons. The topological polar surface area (TPSA) is 81.3 Å². The van der Waals surface area contributed by atoms with Crippen molar-refractivity contribution >= 4 is 62.1 Å². The van der Waals surface area contributed by atoms with Crippen LogP contribution in [0.2, 0.25) is 5.15 Å². The molecule has 0 aromatic carbocycles. The molecule has 1 amide bonds. The number of nitrogens with zero attached hydrogens (tertiary/aromatic N) is 4. The van der Waals surface area contributed by atoms with Crippen LogP contribution in [-0.2, 0) is 4.79 Å². The largest absolute Gasteiger partial charge is 0.299 e. The highest BCUT2D eigenvalue weighted by Crippen LogP contribution is 2.33. The number of thiophene rings is 2. The molecule has 5 rings (SSSR count). The quantitative estimate of drug-likeness (QED) is 0.412. The normalized spacial score (nSPS) is 11.6. The van der Waals surface area contributed by atoms with Crippen LogP contribution in [0.15, 0.2) is 64.5 Å². The summed E-state index contributed by atoms with van der Waals surface area (Å²) in [6.45, 7) is 0. The zero-order chi connectivity index (χ0) is 20.7. The van der Waals surface area contributed by atoms with Crippen LogP contribution in [0.3, 0.4) is 0 Å². The number of amides is 1. The van der Waals surface area contributed by atoms with Crippen LogP contribution >= 0.6 is 34.3 Å². The second kappa shape index (κ2) is 7.52. The number of carbonyl (C=O) groups is 1. The highest BCUT2D eigenvalue weighted by Gasteiger charge is 2.14. The van der Waals surface area contributed by atoms with Crippen LogP contribution in [0.25, 0.3) is 32.4 Å². The number of carbonyl (C=O) groups excluding carboxylic acids is 1. The fourth-order valence-corrected chi connectivity index (χ4v) is 5.03. The molecule has 0 fully saturated rings. The minimum atomic E-state index is -0.492. The van der Waals surface area contributed by atoms with E-state index in [2.05, 4.69) is 15.4 Å². The first-order valence-electron chi connectivity index (χ1n) is 8.76. The summed E-state index contributed by atoms with van der Waals surface area (Å²) in [4.78, 5) is 35.5. The summed E-state index contributed by atoms with van der Waals surface area (Å²) in [5.74, 6) is -0.492. The predicted octanol–water partition coefficient (Wildman–Crippen LogP) is 4.27. The Hall–Kier alpha value is -3.27. The first-order chi connectivity index (χ1) is 14.6. The Morgan fingerprint density at radius 3 is 2.93 bits per heavy atom. The van der Waals surface area contributed by atoms with E-state index < -0.39 is 5.91 Å². The molecule has 10 heteroatoms. The molecule has 0 aliphatic rings. The van der Waals surface area contributed by atoms with Crippen molar-refractivity contribution in [1.29, 1.82) is 0 Å². The predicted molar refractivity (Wildman–Crippen MR) is 121 cm³/mol. The van der Waals surface area contributed by atoms with Gasteiger partial charge in [-0.2, -0.15) is 0 Å². The third-order valence-corrected chi connectivity index (χ3v) is 6.49. The number of hydrogen-bond donors (Lipinski definition) is 1. The van der Waals surface area contributed by atoms with E-state index in [0.29, 0.717) is 21.6 Å². The van der Waals surface area contributed by atoms with Crippen molar-refractivity contribution in [2.75, 3.05) is 5.43 Å². The molecule has 148 valence electrons. The van der Waals surface area contributed by atoms with Gasteiger partial charge in [0, 0.05) is 28.1 Å². The summed E-state index contributed by atoms with van der Waals surface area (Å²) in [7, 11) is 0. The highest BCUT2D eigenvalue weighted by molar-refractivity contribution is 7.18. The van der Waals surface area contributed by atoms with Crippen LogP contribution in [0, 0.1) is 0 Å². The zero-order valence-electron chi connectivity index (χ0n) is 15.2. The molecule has 0 spiro atoms. The van der Waals surface area contributed by atoms with Crippen LogP contribution < -0.4 is 11.0 Å². The van der Waals surface area contributed by atoms with E-state index in [1.807, 2.05) is 41.1 Å². The third kappa shape index (κ3) is 3.22. The van der Waals surface area contributed by atoms with Gasteiger partial charge in [0.15, 0.2) is 5.15 Å². The van der Waals surface area contributed by atoms with E-state index in [0.717, 1.165) is 15.1 Å². The summed E-state index contributed by atoms with van der Waals surface area (Å²) < 4.78 is 2.86. The lowest BCUT2D eigenvalue weighted by Gasteiger charge is -2.05. The summed E-state index contributed by atoms with van der Waals surface area (Å²) in [6.07, 6.45) is 5.96. The SMILES string of the molecule is O=C(C=Cc1c(Cl)nc2ccccn12)Nn1cnc2scc(-c3cccs3)c2c1=O. The molecule has 5 heterocycles. The lowest BCUT2D eigenvalue weighted by molar-refractivity contribution is -0.112. The fourth-order valence-electron chi connectivity index (χ4n) is 3.07. The smallest absolute Gasteiger partial charge is 0.281 e. The number of fused-ring (bicyclic) bond motifs is 2. The summed E-state index contributed by atoms with van der Waals surface area (Å²) >= 11 is 9.12. The second-order valence-electron chi connectivity index (χ2n) is 6.25. The van der Waals surface area contributed by atoms with Gasteiger partial charge in [0.05, 0.1) is 11.1 Å². The Labute approximate surface area is 182 Å². The van der Waals surface area contributed by atoms with E-state index in [-0.39, 0.29) is 10.7 Å². The Morgan fingerprint density at radius 1 is 1.20 bits per heavy atom. The van der Waals surface area contributed by atoms with Gasteiger partial charge in [0.1, 0.15) is 16.8 Å². The van der Waals surface area contributed by atoms with Crippen LogP contribution in [0.4, 0.5) is 0 Å². The van der Waals surface area contributed by atoms with Crippen molar-refractivity contribution in [3.63, 3.8) is 0 Å². The van der Waals surface area contributed by atoms with Crippen molar-refractivity contribution in [2.24, 2.45) is 0 Å². The van der Waals surface area contributed by atoms with Gasteiger partial charge in [-0.25, -0.2) is 14.6 Å². The second-order valence-corrected chi connectivity index (χ2v) is 8.42. The molecular weight excluding hydrogens is 442 g/mol. The van der Waals surface area contributed by atoms with E-state index in [1.54, 1.807) is 28.0 Å². The summed E-state index contributed by atoms with van der Waals surface area (Å²) in [5, 5.41) is 4.62.